The van der Waals surface area contributed by atoms with Crippen LogP contribution in [-0.4, -0.2) is 43.4 Å². The summed E-state index contributed by atoms with van der Waals surface area (Å²) in [6.45, 7) is 7.74. The molecule has 1 saturated heterocycles. The molecule has 2 rings (SSSR count). The largest absolute Gasteiger partial charge is 0.444 e. The van der Waals surface area contributed by atoms with E-state index in [1.807, 2.05) is 0 Å². The maximum Gasteiger partial charge on any atom is 0.416 e. The fourth-order valence-electron chi connectivity index (χ4n) is 3.61. The van der Waals surface area contributed by atoms with Crippen LogP contribution in [0.15, 0.2) is 29.2 Å². The highest BCUT2D eigenvalue weighted by atomic mass is 32.2. The fourth-order valence-corrected chi connectivity index (χ4v) is 5.74. The second-order valence-electron chi connectivity index (χ2n) is 8.32. The molecule has 0 bridgehead atoms. The van der Waals surface area contributed by atoms with Crippen molar-refractivity contribution < 1.29 is 31.1 Å². The predicted molar refractivity (Wildman–Crippen MR) is 103 cm³/mol. The van der Waals surface area contributed by atoms with Crippen molar-refractivity contribution in [3.8, 4) is 0 Å². The third kappa shape index (κ3) is 5.87. The van der Waals surface area contributed by atoms with Gasteiger partial charge in [-0.15, -0.1) is 0 Å². The Hall–Kier alpha value is -1.77. The second-order valence-corrected chi connectivity index (χ2v) is 10.5. The van der Waals surface area contributed by atoms with Crippen LogP contribution < -0.4 is 0 Å². The normalized spacial score (nSPS) is 17.8. The van der Waals surface area contributed by atoms with Crippen molar-refractivity contribution in [3.05, 3.63) is 29.8 Å². The molecule has 0 saturated carbocycles. The van der Waals surface area contributed by atoms with Crippen LogP contribution in [0.2, 0.25) is 0 Å². The van der Waals surface area contributed by atoms with E-state index in [9.17, 15) is 26.4 Å². The number of likely N-dealkylation sites (tertiary alicyclic amines) is 1. The highest BCUT2D eigenvalue weighted by Gasteiger charge is 2.38. The zero-order valence-corrected chi connectivity index (χ0v) is 17.9. The summed E-state index contributed by atoms with van der Waals surface area (Å²) in [5, 5.41) is -0.799. The number of piperidine rings is 1. The van der Waals surface area contributed by atoms with E-state index in [-0.39, 0.29) is 17.2 Å². The fraction of sp³-hybridized carbons (Fsp3) is 0.650. The molecule has 1 atom stereocenters. The van der Waals surface area contributed by atoms with Gasteiger partial charge in [0, 0.05) is 13.1 Å². The Bertz CT molecular complexity index is 823. The number of halogens is 3. The van der Waals surface area contributed by atoms with Crippen molar-refractivity contribution in [3.63, 3.8) is 0 Å². The maximum atomic E-state index is 13.1. The Morgan fingerprint density at radius 3 is 2.28 bits per heavy atom. The lowest BCUT2D eigenvalue weighted by molar-refractivity contribution is -0.137. The van der Waals surface area contributed by atoms with Gasteiger partial charge in [0.1, 0.15) is 5.60 Å². The molecule has 9 heteroatoms. The van der Waals surface area contributed by atoms with E-state index in [0.717, 1.165) is 12.1 Å². The zero-order valence-electron chi connectivity index (χ0n) is 17.1. The van der Waals surface area contributed by atoms with Gasteiger partial charge < -0.3 is 9.64 Å². The summed E-state index contributed by atoms with van der Waals surface area (Å²) in [7, 11) is -3.93. The first-order valence-electron chi connectivity index (χ1n) is 9.65. The van der Waals surface area contributed by atoms with Gasteiger partial charge in [-0.05, 0) is 64.2 Å². The van der Waals surface area contributed by atoms with E-state index in [1.54, 1.807) is 32.6 Å². The monoisotopic (exact) mass is 435 g/mol. The zero-order chi connectivity index (χ0) is 22.0. The van der Waals surface area contributed by atoms with E-state index in [0.29, 0.717) is 32.0 Å². The lowest BCUT2D eigenvalue weighted by Crippen LogP contribution is -2.44. The molecule has 1 fully saturated rings. The Morgan fingerprint density at radius 2 is 1.79 bits per heavy atom. The van der Waals surface area contributed by atoms with Crippen LogP contribution in [0.25, 0.3) is 0 Å². The number of rotatable bonds is 4. The first-order chi connectivity index (χ1) is 13.3. The van der Waals surface area contributed by atoms with Gasteiger partial charge in [-0.2, -0.15) is 13.2 Å². The van der Waals surface area contributed by atoms with Gasteiger partial charge in [0.05, 0.1) is 15.7 Å². The van der Waals surface area contributed by atoms with Crippen LogP contribution in [0, 0.1) is 5.92 Å². The van der Waals surface area contributed by atoms with E-state index in [1.165, 1.54) is 6.07 Å². The lowest BCUT2D eigenvalue weighted by atomic mass is 9.92. The first-order valence-corrected chi connectivity index (χ1v) is 11.2. The van der Waals surface area contributed by atoms with Crippen molar-refractivity contribution in [2.45, 2.75) is 68.9 Å². The summed E-state index contributed by atoms with van der Waals surface area (Å²) in [4.78, 5) is 13.4. The van der Waals surface area contributed by atoms with Gasteiger partial charge in [-0.1, -0.05) is 13.0 Å². The van der Waals surface area contributed by atoms with Crippen molar-refractivity contribution in [1.29, 1.82) is 0 Å². The number of alkyl halides is 3. The Kier molecular flexibility index (Phi) is 6.92. The molecule has 1 aliphatic heterocycles. The number of ether oxygens (including phenoxy) is 1. The van der Waals surface area contributed by atoms with Crippen LogP contribution in [0.3, 0.4) is 0 Å². The predicted octanol–water partition coefficient (Wildman–Crippen LogP) is 4.90. The standard InChI is InChI=1S/C20H28F3NO4S/c1-5-17(14-9-11-24(12-10-14)18(25)28-19(2,3)4)29(26,27)16-8-6-7-15(13-16)20(21,22)23/h6-8,13-14,17H,5,9-12H2,1-4H3. The summed E-state index contributed by atoms with van der Waals surface area (Å²) in [5.74, 6) is -0.238. The van der Waals surface area contributed by atoms with E-state index >= 15 is 0 Å². The maximum absolute atomic E-state index is 13.1. The van der Waals surface area contributed by atoms with Gasteiger partial charge in [0.15, 0.2) is 9.84 Å². The molecule has 5 nitrogen and oxygen atoms in total. The first kappa shape index (κ1) is 23.5. The van der Waals surface area contributed by atoms with Crippen molar-refractivity contribution in [1.82, 2.24) is 4.90 Å². The Labute approximate surface area is 170 Å². The van der Waals surface area contributed by atoms with Crippen molar-refractivity contribution in [2.75, 3.05) is 13.1 Å². The second kappa shape index (κ2) is 8.53. The molecule has 1 aliphatic rings. The molecule has 1 amide bonds. The number of carbonyl (C=O) groups excluding carboxylic acids is 1. The molecule has 0 N–H and O–H groups in total. The van der Waals surface area contributed by atoms with Gasteiger partial charge >= 0.3 is 12.3 Å². The van der Waals surface area contributed by atoms with Gasteiger partial charge in [-0.25, -0.2) is 13.2 Å². The highest BCUT2D eigenvalue weighted by molar-refractivity contribution is 7.92. The quantitative estimate of drug-likeness (QED) is 0.675. The third-order valence-electron chi connectivity index (χ3n) is 5.01. The van der Waals surface area contributed by atoms with Gasteiger partial charge in [0.2, 0.25) is 0 Å². The molecule has 164 valence electrons. The van der Waals surface area contributed by atoms with Gasteiger partial charge in [-0.3, -0.25) is 0 Å². The number of hydrogen-bond donors (Lipinski definition) is 0. The molecule has 0 aromatic heterocycles. The van der Waals surface area contributed by atoms with Crippen LogP contribution in [0.4, 0.5) is 18.0 Å². The van der Waals surface area contributed by atoms with Crippen LogP contribution in [0.5, 0.6) is 0 Å². The molecule has 0 aliphatic carbocycles. The number of sulfone groups is 1. The van der Waals surface area contributed by atoms with Crippen molar-refractivity contribution >= 4 is 15.9 Å². The summed E-state index contributed by atoms with van der Waals surface area (Å²) >= 11 is 0. The molecule has 0 radical (unpaired) electrons. The number of hydrogen-bond acceptors (Lipinski definition) is 4. The lowest BCUT2D eigenvalue weighted by Gasteiger charge is -2.36. The number of amides is 1. The minimum atomic E-state index is -4.61. The summed E-state index contributed by atoms with van der Waals surface area (Å²) in [6.07, 6.45) is -3.85. The summed E-state index contributed by atoms with van der Waals surface area (Å²) in [5.41, 5.74) is -1.60. The molecule has 0 spiro atoms. The SMILES string of the molecule is CCC(C1CCN(C(=O)OC(C)(C)C)CC1)S(=O)(=O)c1cccc(C(F)(F)F)c1. The molecule has 1 unspecified atom stereocenters. The van der Waals surface area contributed by atoms with Gasteiger partial charge in [0.25, 0.3) is 0 Å². The Morgan fingerprint density at radius 1 is 1.21 bits per heavy atom. The average molecular weight is 436 g/mol. The molecule has 29 heavy (non-hydrogen) atoms. The van der Waals surface area contributed by atoms with E-state index in [4.69, 9.17) is 4.74 Å². The summed E-state index contributed by atoms with van der Waals surface area (Å²) in [6, 6.07) is 3.89. The third-order valence-corrected chi connectivity index (χ3v) is 7.43. The minimum absolute atomic E-state index is 0.238. The van der Waals surface area contributed by atoms with Crippen LogP contribution >= 0.6 is 0 Å². The molecule has 1 heterocycles. The summed E-state index contributed by atoms with van der Waals surface area (Å²) < 4.78 is 70.4. The number of carbonyl (C=O) groups is 1. The topological polar surface area (TPSA) is 63.7 Å². The smallest absolute Gasteiger partial charge is 0.416 e. The van der Waals surface area contributed by atoms with Crippen LogP contribution in [-0.2, 0) is 20.8 Å². The number of nitrogens with zero attached hydrogens (tertiary/aromatic N) is 1. The van der Waals surface area contributed by atoms with Crippen LogP contribution in [0.1, 0.15) is 52.5 Å². The molecule has 1 aromatic carbocycles. The molecular weight excluding hydrogens is 407 g/mol. The minimum Gasteiger partial charge on any atom is -0.444 e. The molecule has 1 aromatic rings. The average Bonchev–Trinajstić information content (AvgIpc) is 2.60. The molecular formula is C20H28F3NO4S. The highest BCUT2D eigenvalue weighted by Crippen LogP contribution is 2.35. The van der Waals surface area contributed by atoms with Crippen molar-refractivity contribution in [2.24, 2.45) is 5.92 Å². The van der Waals surface area contributed by atoms with E-state index < -0.39 is 38.5 Å². The number of benzene rings is 1. The Balaban J connectivity index is 2.15. The van der Waals surface area contributed by atoms with E-state index in [2.05, 4.69) is 0 Å².